The summed E-state index contributed by atoms with van der Waals surface area (Å²) >= 11 is 0. The fourth-order valence-corrected chi connectivity index (χ4v) is 4.80. The smallest absolute Gasteiger partial charge is 0.258 e. The number of aliphatic hydroxyl groups is 2. The van der Waals surface area contributed by atoms with Gasteiger partial charge >= 0.3 is 0 Å². The van der Waals surface area contributed by atoms with Gasteiger partial charge in [0.2, 0.25) is 0 Å². The number of nitrogens with zero attached hydrogens (tertiary/aromatic N) is 1. The van der Waals surface area contributed by atoms with Gasteiger partial charge in [0, 0.05) is 36.9 Å². The highest BCUT2D eigenvalue weighted by Crippen LogP contribution is 2.51. The van der Waals surface area contributed by atoms with Crippen LogP contribution >= 0.6 is 0 Å². The molecule has 0 saturated carbocycles. The van der Waals surface area contributed by atoms with Crippen LogP contribution in [0.1, 0.15) is 36.1 Å². The Hall–Kier alpha value is -3.66. The molecule has 202 valence electrons. The van der Waals surface area contributed by atoms with E-state index in [1.165, 1.54) is 18.2 Å². The van der Waals surface area contributed by atoms with E-state index in [-0.39, 0.29) is 36.0 Å². The lowest BCUT2D eigenvalue weighted by Crippen LogP contribution is -2.58. The minimum absolute atomic E-state index is 0.0239. The zero-order valence-corrected chi connectivity index (χ0v) is 21.2. The Morgan fingerprint density at radius 3 is 2.53 bits per heavy atom. The summed E-state index contributed by atoms with van der Waals surface area (Å²) in [5.41, 5.74) is 2.00. The topological polar surface area (TPSA) is 111 Å². The van der Waals surface area contributed by atoms with Crippen molar-refractivity contribution in [3.8, 4) is 11.5 Å². The number of carbonyl (C=O) groups is 1. The van der Waals surface area contributed by atoms with Gasteiger partial charge in [-0.05, 0) is 54.8 Å². The molecule has 4 atom stereocenters. The number of hydrogen-bond donors (Lipinski definition) is 4. The van der Waals surface area contributed by atoms with E-state index >= 15 is 0 Å². The Bertz CT molecular complexity index is 1190. The second-order valence-corrected chi connectivity index (χ2v) is 9.26. The van der Waals surface area contributed by atoms with Crippen molar-refractivity contribution in [2.75, 3.05) is 31.8 Å². The monoisotopic (exact) mass is 524 g/mol. The molecule has 1 fully saturated rings. The molecule has 4 N–H and O–H groups in total. The number of phenols is 1. The zero-order valence-electron chi connectivity index (χ0n) is 21.2. The Morgan fingerprint density at radius 2 is 1.84 bits per heavy atom. The molecular formula is C29H33FN2O6. The van der Waals surface area contributed by atoms with Crippen molar-refractivity contribution in [3.63, 3.8) is 0 Å². The van der Waals surface area contributed by atoms with E-state index in [1.807, 2.05) is 35.2 Å². The average molecular weight is 525 g/mol. The summed E-state index contributed by atoms with van der Waals surface area (Å²) in [6, 6.07) is 19.6. The van der Waals surface area contributed by atoms with E-state index in [9.17, 15) is 24.5 Å². The first-order valence-electron chi connectivity index (χ1n) is 12.6. The van der Waals surface area contributed by atoms with Gasteiger partial charge in [-0.3, -0.25) is 4.79 Å². The molecule has 0 aliphatic carbocycles. The fraction of sp³-hybridized carbons (Fsp3) is 0.345. The lowest BCUT2D eigenvalue weighted by atomic mass is 9.77. The minimum atomic E-state index is -0.825. The Morgan fingerprint density at radius 1 is 1.11 bits per heavy atom. The number of aliphatic hydroxyl groups excluding tert-OH is 2. The van der Waals surface area contributed by atoms with Crippen LogP contribution in [-0.2, 0) is 9.53 Å². The van der Waals surface area contributed by atoms with Crippen LogP contribution in [0, 0.1) is 11.7 Å². The van der Waals surface area contributed by atoms with E-state index < -0.39 is 12.3 Å². The van der Waals surface area contributed by atoms with Crippen LogP contribution in [0.2, 0.25) is 0 Å². The molecule has 3 unspecified atom stereocenters. The molecule has 0 bridgehead atoms. The number of benzene rings is 3. The summed E-state index contributed by atoms with van der Waals surface area (Å²) in [7, 11) is 1.55. The van der Waals surface area contributed by atoms with Gasteiger partial charge in [-0.2, -0.15) is 0 Å². The third-order valence-corrected chi connectivity index (χ3v) is 6.77. The average Bonchev–Trinajstić information content (AvgIpc) is 2.92. The van der Waals surface area contributed by atoms with E-state index in [1.54, 1.807) is 31.4 Å². The summed E-state index contributed by atoms with van der Waals surface area (Å²) in [6.07, 6.45) is -0.817. The van der Waals surface area contributed by atoms with Crippen LogP contribution in [0.3, 0.4) is 0 Å². The highest BCUT2D eigenvalue weighted by atomic mass is 19.1. The number of para-hydroxylation sites is 1. The quantitative estimate of drug-likeness (QED) is 0.268. The van der Waals surface area contributed by atoms with Gasteiger partial charge in [-0.1, -0.05) is 30.3 Å². The second-order valence-electron chi connectivity index (χ2n) is 9.26. The van der Waals surface area contributed by atoms with Crippen molar-refractivity contribution >= 4 is 11.6 Å². The molecule has 1 amide bonds. The van der Waals surface area contributed by atoms with E-state index in [0.717, 1.165) is 5.69 Å². The highest BCUT2D eigenvalue weighted by molar-refractivity contribution is 5.77. The van der Waals surface area contributed by atoms with Gasteiger partial charge in [-0.25, -0.2) is 4.39 Å². The summed E-state index contributed by atoms with van der Waals surface area (Å²) < 4.78 is 23.7. The van der Waals surface area contributed by atoms with E-state index in [2.05, 4.69) is 5.32 Å². The second kappa shape index (κ2) is 12.7. The lowest BCUT2D eigenvalue weighted by Gasteiger charge is -2.54. The van der Waals surface area contributed by atoms with Crippen molar-refractivity contribution in [2.45, 2.75) is 31.2 Å². The molecule has 0 radical (unpaired) electrons. The highest BCUT2D eigenvalue weighted by Gasteiger charge is 2.49. The first-order chi connectivity index (χ1) is 18.4. The lowest BCUT2D eigenvalue weighted by molar-refractivity contribution is -0.123. The zero-order chi connectivity index (χ0) is 27.1. The Balaban J connectivity index is 1.48. The first kappa shape index (κ1) is 27.4. The number of phenolic OH excluding ortho intramolecular Hbond substituents is 1. The van der Waals surface area contributed by atoms with Crippen LogP contribution in [0.15, 0.2) is 72.8 Å². The summed E-state index contributed by atoms with van der Waals surface area (Å²) in [5.74, 6) is -0.646. The molecule has 3 aromatic rings. The van der Waals surface area contributed by atoms with Gasteiger partial charge in [0.05, 0.1) is 18.8 Å². The molecule has 38 heavy (non-hydrogen) atoms. The molecule has 0 spiro atoms. The van der Waals surface area contributed by atoms with Crippen molar-refractivity contribution in [3.05, 3.63) is 89.7 Å². The summed E-state index contributed by atoms with van der Waals surface area (Å²) in [6.45, 7) is 0.568. The molecule has 3 aromatic carbocycles. The van der Waals surface area contributed by atoms with Crippen LogP contribution in [-0.4, -0.2) is 54.3 Å². The standard InChI is InChI=1S/C29H33FN2O6/c1-37-16-15-31-27(35)18-38-22-11-12-23(26(34)17-22)28-24(29(36)32(28)21-5-3-2-4-6-21)13-14-25(33)19-7-9-20(30)10-8-19/h2-12,17,24-25,28-29,33-34,36H,13-16,18H2,1H3,(H,31,35)/t24?,25?,28?,29-/m0/s1. The number of aromatic hydroxyl groups is 1. The third-order valence-electron chi connectivity index (χ3n) is 6.77. The van der Waals surface area contributed by atoms with Gasteiger partial charge in [0.1, 0.15) is 23.5 Å². The van der Waals surface area contributed by atoms with Crippen molar-refractivity contribution in [2.24, 2.45) is 5.92 Å². The summed E-state index contributed by atoms with van der Waals surface area (Å²) in [5, 5.41) is 35.3. The molecule has 1 aliphatic heterocycles. The maximum atomic E-state index is 13.3. The normalized spacial score (nSPS) is 19.5. The predicted molar refractivity (Wildman–Crippen MR) is 140 cm³/mol. The fourth-order valence-electron chi connectivity index (χ4n) is 4.80. The molecular weight excluding hydrogens is 491 g/mol. The van der Waals surface area contributed by atoms with Gasteiger partial charge in [-0.15, -0.1) is 0 Å². The minimum Gasteiger partial charge on any atom is -0.507 e. The van der Waals surface area contributed by atoms with Crippen LogP contribution in [0.4, 0.5) is 10.1 Å². The maximum absolute atomic E-state index is 13.3. The van der Waals surface area contributed by atoms with Crippen LogP contribution in [0.5, 0.6) is 11.5 Å². The Labute approximate surface area is 221 Å². The van der Waals surface area contributed by atoms with Crippen LogP contribution in [0.25, 0.3) is 0 Å². The number of amides is 1. The molecule has 1 saturated heterocycles. The number of ether oxygens (including phenoxy) is 2. The van der Waals surface area contributed by atoms with Crippen LogP contribution < -0.4 is 15.0 Å². The number of carbonyl (C=O) groups excluding carboxylic acids is 1. The maximum Gasteiger partial charge on any atom is 0.258 e. The molecule has 8 nitrogen and oxygen atoms in total. The Kier molecular flexibility index (Phi) is 9.17. The van der Waals surface area contributed by atoms with Gasteiger partial charge in [0.25, 0.3) is 5.91 Å². The number of hydrogen-bond acceptors (Lipinski definition) is 7. The SMILES string of the molecule is COCCNC(=O)COc1ccc(C2C(CCC(O)c3ccc(F)cc3)[C@H](O)N2c2ccccc2)c(O)c1. The largest absolute Gasteiger partial charge is 0.507 e. The predicted octanol–water partition coefficient (Wildman–Crippen LogP) is 3.68. The third kappa shape index (κ3) is 6.42. The summed E-state index contributed by atoms with van der Waals surface area (Å²) in [4.78, 5) is 13.7. The van der Waals surface area contributed by atoms with Crippen molar-refractivity contribution < 1.29 is 34.0 Å². The molecule has 1 heterocycles. The molecule has 4 rings (SSSR count). The first-order valence-corrected chi connectivity index (χ1v) is 12.6. The number of rotatable bonds is 12. The molecule has 0 aromatic heterocycles. The number of nitrogens with one attached hydrogen (secondary N) is 1. The van der Waals surface area contributed by atoms with Gasteiger partial charge < -0.3 is 35.0 Å². The van der Waals surface area contributed by atoms with Crippen molar-refractivity contribution in [1.82, 2.24) is 5.32 Å². The number of anilines is 1. The number of methoxy groups -OCH3 is 1. The van der Waals surface area contributed by atoms with E-state index in [0.29, 0.717) is 42.9 Å². The van der Waals surface area contributed by atoms with E-state index in [4.69, 9.17) is 9.47 Å². The van der Waals surface area contributed by atoms with Crippen molar-refractivity contribution in [1.29, 1.82) is 0 Å². The number of halogens is 1. The molecule has 1 aliphatic rings. The molecule has 9 heteroatoms. The van der Waals surface area contributed by atoms with Gasteiger partial charge in [0.15, 0.2) is 6.61 Å².